The van der Waals surface area contributed by atoms with E-state index in [1.54, 1.807) is 55.6 Å². The van der Waals surface area contributed by atoms with Gasteiger partial charge in [0.05, 0.1) is 25.0 Å². The maximum Gasteiger partial charge on any atom is 0.236 e. The molecule has 2 aromatic rings. The number of para-hydroxylation sites is 1. The summed E-state index contributed by atoms with van der Waals surface area (Å²) in [6.07, 6.45) is 0.193. The average molecular weight is 362 g/mol. The van der Waals surface area contributed by atoms with Crippen molar-refractivity contribution in [1.29, 1.82) is 0 Å². The standard InChI is InChI=1S/C18H22N2O4S/c1-20(16-6-4-3-5-7-16)25(22,23)13-12-19-18(21)14-15-8-10-17(24-2)11-9-15/h3-11H,12-14H2,1-2H3,(H,19,21). The molecular weight excluding hydrogens is 340 g/mol. The highest BCUT2D eigenvalue weighted by molar-refractivity contribution is 7.92. The number of methoxy groups -OCH3 is 1. The Morgan fingerprint density at radius 3 is 2.32 bits per heavy atom. The molecule has 7 heteroatoms. The first kappa shape index (κ1) is 18.8. The van der Waals surface area contributed by atoms with Gasteiger partial charge in [-0.25, -0.2) is 8.42 Å². The summed E-state index contributed by atoms with van der Waals surface area (Å²) >= 11 is 0. The SMILES string of the molecule is COc1ccc(CC(=O)NCCS(=O)(=O)N(C)c2ccccc2)cc1. The fourth-order valence-corrected chi connectivity index (χ4v) is 3.32. The van der Waals surface area contributed by atoms with Crippen LogP contribution >= 0.6 is 0 Å². The molecule has 0 atom stereocenters. The Bertz CT molecular complexity index is 790. The van der Waals surface area contributed by atoms with Crippen LogP contribution in [0.4, 0.5) is 5.69 Å². The van der Waals surface area contributed by atoms with Crippen molar-refractivity contribution in [2.24, 2.45) is 0 Å². The Morgan fingerprint density at radius 1 is 1.08 bits per heavy atom. The van der Waals surface area contributed by atoms with E-state index in [0.29, 0.717) is 5.69 Å². The monoisotopic (exact) mass is 362 g/mol. The molecule has 0 aliphatic heterocycles. The summed E-state index contributed by atoms with van der Waals surface area (Å²) in [5, 5.41) is 2.65. The van der Waals surface area contributed by atoms with E-state index in [1.165, 1.54) is 11.4 Å². The molecule has 1 N–H and O–H groups in total. The van der Waals surface area contributed by atoms with E-state index in [2.05, 4.69) is 5.32 Å². The Balaban J connectivity index is 1.83. The van der Waals surface area contributed by atoms with Crippen molar-refractivity contribution in [3.63, 3.8) is 0 Å². The number of benzene rings is 2. The van der Waals surface area contributed by atoms with E-state index in [4.69, 9.17) is 4.74 Å². The molecule has 0 saturated heterocycles. The van der Waals surface area contributed by atoms with E-state index >= 15 is 0 Å². The van der Waals surface area contributed by atoms with Crippen LogP contribution < -0.4 is 14.4 Å². The van der Waals surface area contributed by atoms with Crippen molar-refractivity contribution < 1.29 is 17.9 Å². The van der Waals surface area contributed by atoms with E-state index in [0.717, 1.165) is 11.3 Å². The second kappa shape index (κ2) is 8.53. The molecule has 1 amide bonds. The van der Waals surface area contributed by atoms with Gasteiger partial charge in [-0.2, -0.15) is 0 Å². The zero-order valence-electron chi connectivity index (χ0n) is 14.3. The van der Waals surface area contributed by atoms with Gasteiger partial charge in [-0.1, -0.05) is 30.3 Å². The summed E-state index contributed by atoms with van der Waals surface area (Å²) in [6.45, 7) is 0.0640. The number of amides is 1. The lowest BCUT2D eigenvalue weighted by Gasteiger charge is -2.19. The molecule has 0 spiro atoms. The maximum absolute atomic E-state index is 12.3. The van der Waals surface area contributed by atoms with Gasteiger partial charge in [0, 0.05) is 13.6 Å². The van der Waals surface area contributed by atoms with Crippen molar-refractivity contribution in [2.75, 3.05) is 30.8 Å². The number of anilines is 1. The van der Waals surface area contributed by atoms with Gasteiger partial charge in [0.2, 0.25) is 15.9 Å². The van der Waals surface area contributed by atoms with E-state index < -0.39 is 10.0 Å². The molecule has 0 bridgehead atoms. The molecule has 0 aromatic heterocycles. The minimum atomic E-state index is -3.49. The third-order valence-electron chi connectivity index (χ3n) is 3.74. The number of carbonyl (C=O) groups excluding carboxylic acids is 1. The quantitative estimate of drug-likeness (QED) is 0.777. The highest BCUT2D eigenvalue weighted by Crippen LogP contribution is 2.15. The largest absolute Gasteiger partial charge is 0.497 e. The summed E-state index contributed by atoms with van der Waals surface area (Å²) in [4.78, 5) is 11.9. The molecule has 0 fully saturated rings. The number of hydrogen-bond acceptors (Lipinski definition) is 4. The molecule has 6 nitrogen and oxygen atoms in total. The minimum Gasteiger partial charge on any atom is -0.497 e. The van der Waals surface area contributed by atoms with Crippen LogP contribution in [-0.2, 0) is 21.2 Å². The van der Waals surface area contributed by atoms with Gasteiger partial charge in [-0.05, 0) is 29.8 Å². The van der Waals surface area contributed by atoms with Crippen LogP contribution in [0.2, 0.25) is 0 Å². The second-order valence-electron chi connectivity index (χ2n) is 5.49. The maximum atomic E-state index is 12.3. The van der Waals surface area contributed by atoms with Gasteiger partial charge in [0.1, 0.15) is 5.75 Å². The van der Waals surface area contributed by atoms with Gasteiger partial charge in [0.25, 0.3) is 0 Å². The third kappa shape index (κ3) is 5.49. The van der Waals surface area contributed by atoms with Crippen LogP contribution in [0.25, 0.3) is 0 Å². The first-order chi connectivity index (χ1) is 11.9. The number of sulfonamides is 1. The summed E-state index contributed by atoms with van der Waals surface area (Å²) < 4.78 is 30.9. The molecule has 0 unspecified atom stereocenters. The van der Waals surface area contributed by atoms with Gasteiger partial charge in [-0.15, -0.1) is 0 Å². The van der Waals surface area contributed by atoms with Crippen LogP contribution in [0.1, 0.15) is 5.56 Å². The smallest absolute Gasteiger partial charge is 0.236 e. The number of carbonyl (C=O) groups is 1. The molecule has 134 valence electrons. The van der Waals surface area contributed by atoms with Crippen LogP contribution in [0.5, 0.6) is 5.75 Å². The van der Waals surface area contributed by atoms with E-state index in [9.17, 15) is 13.2 Å². The van der Waals surface area contributed by atoms with Crippen LogP contribution in [0.15, 0.2) is 54.6 Å². The van der Waals surface area contributed by atoms with Crippen molar-refractivity contribution >= 4 is 21.6 Å². The number of hydrogen-bond donors (Lipinski definition) is 1. The highest BCUT2D eigenvalue weighted by Gasteiger charge is 2.18. The van der Waals surface area contributed by atoms with Gasteiger partial charge in [-0.3, -0.25) is 9.10 Å². The van der Waals surface area contributed by atoms with Crippen LogP contribution in [0.3, 0.4) is 0 Å². The molecule has 0 radical (unpaired) electrons. The zero-order chi connectivity index (χ0) is 18.3. The summed E-state index contributed by atoms with van der Waals surface area (Å²) in [6, 6.07) is 16.0. The molecular formula is C18H22N2O4S. The lowest BCUT2D eigenvalue weighted by Crippen LogP contribution is -2.36. The summed E-state index contributed by atoms with van der Waals surface area (Å²) in [7, 11) is -0.407. The minimum absolute atomic E-state index is 0.0640. The number of ether oxygens (including phenoxy) is 1. The van der Waals surface area contributed by atoms with Crippen molar-refractivity contribution in [1.82, 2.24) is 5.32 Å². The molecule has 25 heavy (non-hydrogen) atoms. The lowest BCUT2D eigenvalue weighted by atomic mass is 10.1. The first-order valence-electron chi connectivity index (χ1n) is 7.83. The average Bonchev–Trinajstić information content (AvgIpc) is 2.62. The molecule has 0 aliphatic carbocycles. The van der Waals surface area contributed by atoms with Gasteiger partial charge in [0.15, 0.2) is 0 Å². The predicted octanol–water partition coefficient (Wildman–Crippen LogP) is 1.82. The highest BCUT2D eigenvalue weighted by atomic mass is 32.2. The molecule has 0 heterocycles. The Hall–Kier alpha value is -2.54. The Morgan fingerprint density at radius 2 is 1.72 bits per heavy atom. The molecule has 2 aromatic carbocycles. The summed E-state index contributed by atoms with van der Waals surface area (Å²) in [5.74, 6) is 0.342. The second-order valence-corrected chi connectivity index (χ2v) is 7.61. The van der Waals surface area contributed by atoms with Crippen molar-refractivity contribution in [3.05, 3.63) is 60.2 Å². The van der Waals surface area contributed by atoms with Gasteiger partial charge < -0.3 is 10.1 Å². The number of nitrogens with zero attached hydrogens (tertiary/aromatic N) is 1. The normalized spacial score (nSPS) is 11.0. The predicted molar refractivity (Wildman–Crippen MR) is 98.3 cm³/mol. The first-order valence-corrected chi connectivity index (χ1v) is 9.44. The zero-order valence-corrected chi connectivity index (χ0v) is 15.1. The Kier molecular flexibility index (Phi) is 6.41. The number of nitrogens with one attached hydrogen (secondary N) is 1. The van der Waals surface area contributed by atoms with Crippen molar-refractivity contribution in [2.45, 2.75) is 6.42 Å². The fourth-order valence-electron chi connectivity index (χ4n) is 2.25. The van der Waals surface area contributed by atoms with E-state index in [-0.39, 0.29) is 24.6 Å². The topological polar surface area (TPSA) is 75.7 Å². The van der Waals surface area contributed by atoms with Crippen LogP contribution in [-0.4, -0.2) is 40.8 Å². The van der Waals surface area contributed by atoms with Gasteiger partial charge >= 0.3 is 0 Å². The lowest BCUT2D eigenvalue weighted by molar-refractivity contribution is -0.120. The third-order valence-corrected chi connectivity index (χ3v) is 5.51. The Labute approximate surface area is 148 Å². The van der Waals surface area contributed by atoms with E-state index in [1.807, 2.05) is 6.07 Å². The fraction of sp³-hybridized carbons (Fsp3) is 0.278. The summed E-state index contributed by atoms with van der Waals surface area (Å²) in [5.41, 5.74) is 1.43. The molecule has 0 saturated carbocycles. The van der Waals surface area contributed by atoms with Crippen LogP contribution in [0, 0.1) is 0 Å². The molecule has 2 rings (SSSR count). The molecule has 0 aliphatic rings. The number of rotatable bonds is 8. The van der Waals surface area contributed by atoms with Crippen molar-refractivity contribution in [3.8, 4) is 5.75 Å².